The first-order valence-electron chi connectivity index (χ1n) is 16.7. The minimum Gasteiger partial charge on any atom is -0.456 e. The molecule has 2 aromatic heterocycles. The molecule has 238 valence electrons. The number of fused-ring (bicyclic) bond motifs is 3. The SMILES string of the molecule is N#Cc1cccc(-c2cccc(-c3nc(-c4ccccc4)nc(-c4ccc5c(c4)oc4cccc(-c6cccc(-c7ccccc7)c6)c45)n3)c2)c1. The molecule has 0 aliphatic rings. The highest BCUT2D eigenvalue weighted by molar-refractivity contribution is 6.13. The van der Waals surface area contributed by atoms with E-state index in [0.29, 0.717) is 23.0 Å². The van der Waals surface area contributed by atoms with Crippen molar-refractivity contribution in [1.82, 2.24) is 15.0 Å². The van der Waals surface area contributed by atoms with Gasteiger partial charge >= 0.3 is 0 Å². The van der Waals surface area contributed by atoms with Gasteiger partial charge in [0.25, 0.3) is 0 Å². The number of furan rings is 1. The molecule has 0 bridgehead atoms. The van der Waals surface area contributed by atoms with E-state index in [-0.39, 0.29) is 0 Å². The molecule has 5 heteroatoms. The van der Waals surface area contributed by atoms with Gasteiger partial charge < -0.3 is 4.42 Å². The highest BCUT2D eigenvalue weighted by atomic mass is 16.3. The third-order valence-electron chi connectivity index (χ3n) is 9.15. The Hall–Kier alpha value is -7.16. The molecular formula is C46H28N4O. The molecule has 7 aromatic carbocycles. The minimum atomic E-state index is 0.550. The van der Waals surface area contributed by atoms with Crippen molar-refractivity contribution in [3.05, 3.63) is 175 Å². The van der Waals surface area contributed by atoms with Gasteiger partial charge in [0, 0.05) is 27.5 Å². The van der Waals surface area contributed by atoms with Crippen LogP contribution in [0.15, 0.2) is 174 Å². The highest BCUT2D eigenvalue weighted by Gasteiger charge is 2.17. The predicted octanol–water partition coefficient (Wildman–Crippen LogP) is 11.6. The molecule has 0 fully saturated rings. The summed E-state index contributed by atoms with van der Waals surface area (Å²) in [5.41, 5.74) is 11.3. The zero-order valence-corrected chi connectivity index (χ0v) is 27.4. The summed E-state index contributed by atoms with van der Waals surface area (Å²) in [6.07, 6.45) is 0. The number of hydrogen-bond acceptors (Lipinski definition) is 5. The summed E-state index contributed by atoms with van der Waals surface area (Å²) in [7, 11) is 0. The van der Waals surface area contributed by atoms with Gasteiger partial charge in [0.15, 0.2) is 17.5 Å². The highest BCUT2D eigenvalue weighted by Crippen LogP contribution is 2.39. The Morgan fingerprint density at radius 3 is 1.65 bits per heavy atom. The van der Waals surface area contributed by atoms with Gasteiger partial charge in [-0.3, -0.25) is 0 Å². The Morgan fingerprint density at radius 1 is 0.392 bits per heavy atom. The Kier molecular flexibility index (Phi) is 7.46. The van der Waals surface area contributed by atoms with Crippen molar-refractivity contribution in [1.29, 1.82) is 5.26 Å². The number of rotatable bonds is 6. The minimum absolute atomic E-state index is 0.550. The summed E-state index contributed by atoms with van der Waals surface area (Å²) >= 11 is 0. The molecule has 0 aliphatic heterocycles. The van der Waals surface area contributed by atoms with Gasteiger partial charge in [0.1, 0.15) is 11.2 Å². The lowest BCUT2D eigenvalue weighted by Gasteiger charge is -2.10. The van der Waals surface area contributed by atoms with Crippen LogP contribution in [0.3, 0.4) is 0 Å². The first-order valence-corrected chi connectivity index (χ1v) is 16.7. The van der Waals surface area contributed by atoms with Crippen molar-refractivity contribution >= 4 is 21.9 Å². The van der Waals surface area contributed by atoms with Crippen molar-refractivity contribution in [2.24, 2.45) is 0 Å². The molecule has 0 atom stereocenters. The summed E-state index contributed by atoms with van der Waals surface area (Å²) in [5.74, 6) is 1.69. The lowest BCUT2D eigenvalue weighted by Crippen LogP contribution is -2.00. The number of benzene rings is 7. The molecule has 0 saturated heterocycles. The van der Waals surface area contributed by atoms with E-state index >= 15 is 0 Å². The molecule has 0 aliphatic carbocycles. The average Bonchev–Trinajstić information content (AvgIpc) is 3.60. The van der Waals surface area contributed by atoms with E-state index in [0.717, 1.165) is 60.9 Å². The van der Waals surface area contributed by atoms with E-state index in [2.05, 4.69) is 78.9 Å². The maximum atomic E-state index is 9.46. The van der Waals surface area contributed by atoms with Crippen LogP contribution in [0.25, 0.3) is 89.5 Å². The quantitative estimate of drug-likeness (QED) is 0.179. The van der Waals surface area contributed by atoms with E-state index in [9.17, 15) is 5.26 Å². The second kappa shape index (κ2) is 12.7. The Morgan fingerprint density at radius 2 is 0.922 bits per heavy atom. The van der Waals surface area contributed by atoms with Crippen molar-refractivity contribution < 1.29 is 4.42 Å². The van der Waals surface area contributed by atoms with E-state index in [1.807, 2.05) is 91.0 Å². The third kappa shape index (κ3) is 5.71. The molecule has 9 aromatic rings. The average molecular weight is 653 g/mol. The maximum Gasteiger partial charge on any atom is 0.164 e. The fraction of sp³-hybridized carbons (Fsp3) is 0. The Labute approximate surface area is 294 Å². The van der Waals surface area contributed by atoms with Gasteiger partial charge in [-0.1, -0.05) is 127 Å². The van der Waals surface area contributed by atoms with Crippen LogP contribution in [0, 0.1) is 11.3 Å². The molecule has 0 N–H and O–H groups in total. The summed E-state index contributed by atoms with van der Waals surface area (Å²) in [6.45, 7) is 0. The first kappa shape index (κ1) is 29.9. The summed E-state index contributed by atoms with van der Waals surface area (Å²) in [4.78, 5) is 14.9. The van der Waals surface area contributed by atoms with Gasteiger partial charge in [-0.05, 0) is 75.8 Å². The van der Waals surface area contributed by atoms with Crippen LogP contribution in [0.2, 0.25) is 0 Å². The first-order chi connectivity index (χ1) is 25.2. The van der Waals surface area contributed by atoms with Crippen LogP contribution in [0.4, 0.5) is 0 Å². The fourth-order valence-electron chi connectivity index (χ4n) is 6.66. The lowest BCUT2D eigenvalue weighted by atomic mass is 9.96. The molecule has 0 unspecified atom stereocenters. The van der Waals surface area contributed by atoms with Gasteiger partial charge in [-0.2, -0.15) is 5.26 Å². The standard InChI is InChI=1S/C46H28N4O/c47-29-30-11-7-16-33(25-30)35-18-9-20-37(27-35)45-48-44(32-14-5-2-6-15-32)49-46(50-45)38-23-24-40-42(28-38)51-41-22-10-21-39(43(40)41)36-19-8-17-34(26-36)31-12-3-1-4-13-31/h1-28H. The van der Waals surface area contributed by atoms with Crippen LogP contribution in [0.1, 0.15) is 5.56 Å². The largest absolute Gasteiger partial charge is 0.456 e. The number of nitriles is 1. The maximum absolute atomic E-state index is 9.46. The molecule has 51 heavy (non-hydrogen) atoms. The lowest BCUT2D eigenvalue weighted by molar-refractivity contribution is 0.669. The smallest absolute Gasteiger partial charge is 0.164 e. The third-order valence-corrected chi connectivity index (χ3v) is 9.15. The zero-order valence-electron chi connectivity index (χ0n) is 27.4. The van der Waals surface area contributed by atoms with E-state index < -0.39 is 0 Å². The van der Waals surface area contributed by atoms with Gasteiger partial charge in [0.2, 0.25) is 0 Å². The Balaban J connectivity index is 1.16. The van der Waals surface area contributed by atoms with Crippen LogP contribution < -0.4 is 0 Å². The molecule has 0 amide bonds. The topological polar surface area (TPSA) is 75.6 Å². The monoisotopic (exact) mass is 652 g/mol. The summed E-state index contributed by atoms with van der Waals surface area (Å²) in [5, 5.41) is 11.6. The summed E-state index contributed by atoms with van der Waals surface area (Å²) < 4.78 is 6.51. The Bertz CT molecular complexity index is 2760. The molecule has 0 spiro atoms. The predicted molar refractivity (Wildman–Crippen MR) is 204 cm³/mol. The van der Waals surface area contributed by atoms with E-state index in [4.69, 9.17) is 19.4 Å². The van der Waals surface area contributed by atoms with Crippen molar-refractivity contribution in [3.63, 3.8) is 0 Å². The molecular weight excluding hydrogens is 625 g/mol. The van der Waals surface area contributed by atoms with E-state index in [1.165, 1.54) is 11.1 Å². The second-order valence-corrected chi connectivity index (χ2v) is 12.4. The normalized spacial score (nSPS) is 11.1. The van der Waals surface area contributed by atoms with Gasteiger partial charge in [-0.15, -0.1) is 0 Å². The van der Waals surface area contributed by atoms with Crippen LogP contribution in [-0.2, 0) is 0 Å². The second-order valence-electron chi connectivity index (χ2n) is 12.4. The van der Waals surface area contributed by atoms with Gasteiger partial charge in [-0.25, -0.2) is 15.0 Å². The van der Waals surface area contributed by atoms with Gasteiger partial charge in [0.05, 0.1) is 11.6 Å². The van der Waals surface area contributed by atoms with Crippen LogP contribution >= 0.6 is 0 Å². The zero-order chi connectivity index (χ0) is 34.1. The molecule has 0 saturated carbocycles. The van der Waals surface area contributed by atoms with Crippen molar-refractivity contribution in [2.45, 2.75) is 0 Å². The molecule has 5 nitrogen and oxygen atoms in total. The van der Waals surface area contributed by atoms with Crippen LogP contribution in [0.5, 0.6) is 0 Å². The number of nitrogens with zero attached hydrogens (tertiary/aromatic N) is 4. The van der Waals surface area contributed by atoms with Crippen molar-refractivity contribution in [2.75, 3.05) is 0 Å². The molecule has 9 rings (SSSR count). The summed E-state index contributed by atoms with van der Waals surface area (Å²) in [6, 6.07) is 59.4. The molecule has 2 heterocycles. The fourth-order valence-corrected chi connectivity index (χ4v) is 6.66. The van der Waals surface area contributed by atoms with E-state index in [1.54, 1.807) is 6.07 Å². The molecule has 0 radical (unpaired) electrons. The number of aromatic nitrogens is 3. The van der Waals surface area contributed by atoms with Crippen LogP contribution in [-0.4, -0.2) is 15.0 Å². The number of hydrogen-bond donors (Lipinski definition) is 0. The van der Waals surface area contributed by atoms with Crippen molar-refractivity contribution in [3.8, 4) is 73.6 Å².